The highest BCUT2D eigenvalue weighted by Crippen LogP contribution is 2.12. The summed E-state index contributed by atoms with van der Waals surface area (Å²) in [5.74, 6) is -0.197. The first-order valence-corrected chi connectivity index (χ1v) is 8.42. The molecule has 0 aliphatic heterocycles. The van der Waals surface area contributed by atoms with Crippen molar-refractivity contribution in [1.82, 2.24) is 10.3 Å². The summed E-state index contributed by atoms with van der Waals surface area (Å²) in [5.41, 5.74) is 2.29. The van der Waals surface area contributed by atoms with Gasteiger partial charge in [-0.2, -0.15) is 0 Å². The van der Waals surface area contributed by atoms with Crippen molar-refractivity contribution < 1.29 is 18.7 Å². The fourth-order valence-electron chi connectivity index (χ4n) is 2.19. The van der Waals surface area contributed by atoms with E-state index in [4.69, 9.17) is 20.8 Å². The molecule has 2 amide bonds. The number of hydrogen-bond donors (Lipinski definition) is 2. The predicted molar refractivity (Wildman–Crippen MR) is 99.4 cm³/mol. The standard InChI is InChI=1S/C19H16ClN3O4/c20-15-5-1-14(2-6-15)11-26-19(25)23-16-7-3-13(4-8-16)9-22-18(24)17-10-21-12-27-17/h1-8,10,12H,9,11H2,(H,22,24)(H,23,25). The van der Waals surface area contributed by atoms with Gasteiger partial charge in [-0.25, -0.2) is 9.78 Å². The van der Waals surface area contributed by atoms with E-state index in [0.717, 1.165) is 11.1 Å². The van der Waals surface area contributed by atoms with E-state index >= 15 is 0 Å². The molecule has 0 aliphatic rings. The molecule has 0 aliphatic carbocycles. The van der Waals surface area contributed by atoms with Crippen LogP contribution in [0.2, 0.25) is 5.02 Å². The van der Waals surface area contributed by atoms with E-state index in [2.05, 4.69) is 15.6 Å². The molecule has 0 saturated heterocycles. The molecule has 2 N–H and O–H groups in total. The third-order valence-corrected chi connectivity index (χ3v) is 3.84. The van der Waals surface area contributed by atoms with Gasteiger partial charge in [0.25, 0.3) is 5.91 Å². The Morgan fingerprint density at radius 3 is 2.41 bits per heavy atom. The molecule has 1 aromatic heterocycles. The monoisotopic (exact) mass is 385 g/mol. The second kappa shape index (κ2) is 8.86. The highest BCUT2D eigenvalue weighted by Gasteiger charge is 2.09. The Kier molecular flexibility index (Phi) is 6.06. The lowest BCUT2D eigenvalue weighted by Crippen LogP contribution is -2.22. The van der Waals surface area contributed by atoms with Gasteiger partial charge in [-0.1, -0.05) is 35.9 Å². The number of ether oxygens (including phenoxy) is 1. The van der Waals surface area contributed by atoms with Crippen LogP contribution in [0.4, 0.5) is 10.5 Å². The number of amides is 2. The summed E-state index contributed by atoms with van der Waals surface area (Å²) in [6, 6.07) is 14.1. The zero-order valence-electron chi connectivity index (χ0n) is 14.1. The molecule has 3 aromatic rings. The van der Waals surface area contributed by atoms with Crippen LogP contribution in [-0.2, 0) is 17.9 Å². The summed E-state index contributed by atoms with van der Waals surface area (Å²) in [6.07, 6.45) is 1.98. The second-order valence-corrected chi connectivity index (χ2v) is 6.01. The molecule has 0 saturated carbocycles. The number of carbonyl (C=O) groups is 2. The van der Waals surface area contributed by atoms with Crippen LogP contribution in [0.15, 0.2) is 65.5 Å². The third kappa shape index (κ3) is 5.58. The van der Waals surface area contributed by atoms with Crippen LogP contribution >= 0.6 is 11.6 Å². The van der Waals surface area contributed by atoms with Gasteiger partial charge in [0.1, 0.15) is 6.61 Å². The van der Waals surface area contributed by atoms with Crippen LogP contribution in [0, 0.1) is 0 Å². The first-order chi connectivity index (χ1) is 13.1. The molecule has 0 atom stereocenters. The average Bonchev–Trinajstić information content (AvgIpc) is 3.22. The van der Waals surface area contributed by atoms with Crippen LogP contribution < -0.4 is 10.6 Å². The summed E-state index contributed by atoms with van der Waals surface area (Å²) in [7, 11) is 0. The maximum absolute atomic E-state index is 11.9. The fraction of sp³-hybridized carbons (Fsp3) is 0.105. The Morgan fingerprint density at radius 2 is 1.74 bits per heavy atom. The van der Waals surface area contributed by atoms with E-state index in [1.54, 1.807) is 48.5 Å². The van der Waals surface area contributed by atoms with Gasteiger partial charge in [-0.05, 0) is 35.4 Å². The molecule has 2 aromatic carbocycles. The highest BCUT2D eigenvalue weighted by molar-refractivity contribution is 6.30. The SMILES string of the molecule is O=C(Nc1ccc(CNC(=O)c2cnco2)cc1)OCc1ccc(Cl)cc1. The van der Waals surface area contributed by atoms with E-state index < -0.39 is 6.09 Å². The van der Waals surface area contributed by atoms with E-state index in [1.807, 2.05) is 0 Å². The Bertz CT molecular complexity index is 894. The number of carbonyl (C=O) groups excluding carboxylic acids is 2. The van der Waals surface area contributed by atoms with Gasteiger partial charge in [0.05, 0.1) is 6.20 Å². The zero-order valence-corrected chi connectivity index (χ0v) is 14.9. The van der Waals surface area contributed by atoms with Gasteiger partial charge in [-0.15, -0.1) is 0 Å². The molecule has 138 valence electrons. The number of hydrogen-bond acceptors (Lipinski definition) is 5. The van der Waals surface area contributed by atoms with Gasteiger partial charge in [-0.3, -0.25) is 10.1 Å². The maximum Gasteiger partial charge on any atom is 0.411 e. The Hall–Kier alpha value is -3.32. The van der Waals surface area contributed by atoms with Crippen molar-refractivity contribution in [1.29, 1.82) is 0 Å². The van der Waals surface area contributed by atoms with Crippen LogP contribution in [0.3, 0.4) is 0 Å². The fourth-order valence-corrected chi connectivity index (χ4v) is 2.31. The van der Waals surface area contributed by atoms with Crippen molar-refractivity contribution in [3.8, 4) is 0 Å². The number of benzene rings is 2. The van der Waals surface area contributed by atoms with Gasteiger partial charge in [0.2, 0.25) is 5.76 Å². The quantitative estimate of drug-likeness (QED) is 0.668. The predicted octanol–water partition coefficient (Wildman–Crippen LogP) is 4.01. The van der Waals surface area contributed by atoms with Crippen molar-refractivity contribution >= 4 is 29.3 Å². The van der Waals surface area contributed by atoms with Gasteiger partial charge < -0.3 is 14.5 Å². The minimum atomic E-state index is -0.559. The van der Waals surface area contributed by atoms with Crippen molar-refractivity contribution in [3.05, 3.63) is 83.0 Å². The molecule has 27 heavy (non-hydrogen) atoms. The summed E-state index contributed by atoms with van der Waals surface area (Å²) in [5, 5.41) is 5.98. The van der Waals surface area contributed by atoms with Gasteiger partial charge in [0.15, 0.2) is 6.39 Å². The molecule has 0 bridgehead atoms. The van der Waals surface area contributed by atoms with E-state index in [0.29, 0.717) is 17.3 Å². The number of nitrogens with one attached hydrogen (secondary N) is 2. The average molecular weight is 386 g/mol. The minimum absolute atomic E-state index is 0.148. The Labute approximate surface area is 160 Å². The molecule has 0 radical (unpaired) electrons. The van der Waals surface area contributed by atoms with Crippen molar-refractivity contribution in [3.63, 3.8) is 0 Å². The zero-order chi connectivity index (χ0) is 19.1. The normalized spacial score (nSPS) is 10.3. The van der Waals surface area contributed by atoms with Crippen molar-refractivity contribution in [2.45, 2.75) is 13.2 Å². The highest BCUT2D eigenvalue weighted by atomic mass is 35.5. The summed E-state index contributed by atoms with van der Waals surface area (Å²) < 4.78 is 10.1. The molecule has 3 rings (SSSR count). The topological polar surface area (TPSA) is 93.5 Å². The van der Waals surface area contributed by atoms with Crippen LogP contribution in [0.1, 0.15) is 21.7 Å². The lowest BCUT2D eigenvalue weighted by Gasteiger charge is -2.08. The van der Waals surface area contributed by atoms with Crippen molar-refractivity contribution in [2.75, 3.05) is 5.32 Å². The number of halogens is 1. The first-order valence-electron chi connectivity index (χ1n) is 8.04. The third-order valence-electron chi connectivity index (χ3n) is 3.59. The van der Waals surface area contributed by atoms with Gasteiger partial charge in [0, 0.05) is 17.3 Å². The lowest BCUT2D eigenvalue weighted by molar-refractivity contribution is 0.0923. The molecule has 0 fully saturated rings. The van der Waals surface area contributed by atoms with E-state index in [-0.39, 0.29) is 18.3 Å². The van der Waals surface area contributed by atoms with Crippen molar-refractivity contribution in [2.24, 2.45) is 0 Å². The molecule has 0 unspecified atom stereocenters. The molecule has 1 heterocycles. The molecular formula is C19H16ClN3O4. The second-order valence-electron chi connectivity index (χ2n) is 5.57. The molecular weight excluding hydrogens is 370 g/mol. The lowest BCUT2D eigenvalue weighted by atomic mass is 10.2. The number of nitrogens with zero attached hydrogens (tertiary/aromatic N) is 1. The number of rotatable bonds is 6. The summed E-state index contributed by atoms with van der Waals surface area (Å²) in [6.45, 7) is 0.468. The first kappa shape index (κ1) is 18.5. The number of anilines is 1. The molecule has 7 nitrogen and oxygen atoms in total. The largest absolute Gasteiger partial charge is 0.444 e. The Morgan fingerprint density at radius 1 is 1.04 bits per heavy atom. The van der Waals surface area contributed by atoms with Crippen LogP contribution in [0.25, 0.3) is 0 Å². The van der Waals surface area contributed by atoms with E-state index in [9.17, 15) is 9.59 Å². The minimum Gasteiger partial charge on any atom is -0.444 e. The van der Waals surface area contributed by atoms with Crippen LogP contribution in [0.5, 0.6) is 0 Å². The Balaban J connectivity index is 1.44. The van der Waals surface area contributed by atoms with E-state index in [1.165, 1.54) is 12.6 Å². The van der Waals surface area contributed by atoms with Gasteiger partial charge >= 0.3 is 6.09 Å². The summed E-state index contributed by atoms with van der Waals surface area (Å²) >= 11 is 5.81. The van der Waals surface area contributed by atoms with Crippen LogP contribution in [-0.4, -0.2) is 17.0 Å². The number of oxazole rings is 1. The number of aromatic nitrogens is 1. The molecule has 0 spiro atoms. The molecule has 8 heteroatoms. The maximum atomic E-state index is 11.9. The summed E-state index contributed by atoms with van der Waals surface area (Å²) in [4.78, 5) is 27.3. The smallest absolute Gasteiger partial charge is 0.411 e.